The molecule has 0 atom stereocenters. The average Bonchev–Trinajstić information content (AvgIpc) is 2.56. The molecule has 1 aromatic heterocycles. The third-order valence-electron chi connectivity index (χ3n) is 2.91. The van der Waals surface area contributed by atoms with Gasteiger partial charge in [-0.3, -0.25) is 0 Å². The van der Waals surface area contributed by atoms with E-state index in [9.17, 15) is 0 Å². The molecule has 16 heavy (non-hydrogen) atoms. The highest BCUT2D eigenvalue weighted by Gasteiger charge is 2.14. The minimum atomic E-state index is 0.729. The van der Waals surface area contributed by atoms with E-state index in [1.54, 1.807) is 0 Å². The molecule has 0 saturated carbocycles. The third kappa shape index (κ3) is 1.84. The van der Waals surface area contributed by atoms with E-state index in [0.717, 1.165) is 35.6 Å². The van der Waals surface area contributed by atoms with E-state index in [2.05, 4.69) is 26.8 Å². The number of fused-ring (bicyclic) bond motifs is 1. The van der Waals surface area contributed by atoms with E-state index < -0.39 is 0 Å². The number of benzene rings is 1. The zero-order valence-corrected chi connectivity index (χ0v) is 10.8. The van der Waals surface area contributed by atoms with Crippen LogP contribution in [0, 0.1) is 6.92 Å². The Morgan fingerprint density at radius 3 is 2.62 bits per heavy atom. The first-order valence-corrected chi connectivity index (χ1v) is 6.25. The lowest BCUT2D eigenvalue weighted by Gasteiger charge is -1.98. The number of aryl methyl sites for hydroxylation is 3. The summed E-state index contributed by atoms with van der Waals surface area (Å²) in [6.07, 6.45) is 3.10. The summed E-state index contributed by atoms with van der Waals surface area (Å²) in [5.74, 6) is 1.10. The van der Waals surface area contributed by atoms with Gasteiger partial charge in [0, 0.05) is 17.4 Å². The van der Waals surface area contributed by atoms with Gasteiger partial charge in [0.15, 0.2) is 5.58 Å². The van der Waals surface area contributed by atoms with Crippen LogP contribution in [0.4, 0.5) is 0 Å². The van der Waals surface area contributed by atoms with Crippen LogP contribution in [0.5, 0.6) is 0 Å². The zero-order chi connectivity index (χ0) is 11.7. The fourth-order valence-electron chi connectivity index (χ4n) is 2.21. The standard InChI is InChI=1S/C14H17ClO/c1-4-6-13-10(5-2)11-7-9(3)8-12(15)14(11)16-13/h7-8H,4-6H2,1-3H3. The predicted octanol–water partition coefficient (Wildman–Crippen LogP) is 4.91. The van der Waals surface area contributed by atoms with Gasteiger partial charge in [-0.1, -0.05) is 25.4 Å². The predicted molar refractivity (Wildman–Crippen MR) is 69.3 cm³/mol. The number of hydrogen-bond acceptors (Lipinski definition) is 1. The topological polar surface area (TPSA) is 13.1 Å². The Morgan fingerprint density at radius 2 is 2.00 bits per heavy atom. The fraction of sp³-hybridized carbons (Fsp3) is 0.429. The minimum absolute atomic E-state index is 0.729. The molecule has 2 aromatic rings. The summed E-state index contributed by atoms with van der Waals surface area (Å²) in [6, 6.07) is 4.13. The van der Waals surface area contributed by atoms with E-state index >= 15 is 0 Å². The molecule has 0 fully saturated rings. The molecule has 0 bridgehead atoms. The van der Waals surface area contributed by atoms with Crippen molar-refractivity contribution in [2.24, 2.45) is 0 Å². The van der Waals surface area contributed by atoms with E-state index in [-0.39, 0.29) is 0 Å². The zero-order valence-electron chi connectivity index (χ0n) is 10.1. The lowest BCUT2D eigenvalue weighted by atomic mass is 10.0. The van der Waals surface area contributed by atoms with E-state index in [4.69, 9.17) is 16.0 Å². The molecule has 0 aliphatic heterocycles. The van der Waals surface area contributed by atoms with E-state index in [1.165, 1.54) is 16.5 Å². The molecule has 0 radical (unpaired) electrons. The van der Waals surface area contributed by atoms with Gasteiger partial charge in [0.05, 0.1) is 5.02 Å². The number of hydrogen-bond donors (Lipinski definition) is 0. The first-order valence-electron chi connectivity index (χ1n) is 5.87. The van der Waals surface area contributed by atoms with Gasteiger partial charge in [-0.05, 0) is 37.5 Å². The van der Waals surface area contributed by atoms with Gasteiger partial charge in [0.1, 0.15) is 5.76 Å². The quantitative estimate of drug-likeness (QED) is 0.738. The summed E-state index contributed by atoms with van der Waals surface area (Å²) in [7, 11) is 0. The van der Waals surface area contributed by atoms with Crippen LogP contribution in [0.2, 0.25) is 5.02 Å². The molecule has 0 spiro atoms. The van der Waals surface area contributed by atoms with Gasteiger partial charge >= 0.3 is 0 Å². The second-order valence-electron chi connectivity index (χ2n) is 4.23. The Hall–Kier alpha value is -0.950. The molecule has 86 valence electrons. The first-order chi connectivity index (χ1) is 7.67. The maximum atomic E-state index is 6.21. The number of halogens is 1. The molecule has 0 aliphatic carbocycles. The maximum Gasteiger partial charge on any atom is 0.153 e. The third-order valence-corrected chi connectivity index (χ3v) is 3.19. The highest BCUT2D eigenvalue weighted by atomic mass is 35.5. The second-order valence-corrected chi connectivity index (χ2v) is 4.64. The highest BCUT2D eigenvalue weighted by Crippen LogP contribution is 2.33. The minimum Gasteiger partial charge on any atom is -0.459 e. The largest absolute Gasteiger partial charge is 0.459 e. The molecule has 1 aromatic carbocycles. The van der Waals surface area contributed by atoms with Crippen LogP contribution < -0.4 is 0 Å². The van der Waals surface area contributed by atoms with Gasteiger partial charge in [0.25, 0.3) is 0 Å². The van der Waals surface area contributed by atoms with Gasteiger partial charge in [-0.2, -0.15) is 0 Å². The van der Waals surface area contributed by atoms with Crippen LogP contribution in [0.15, 0.2) is 16.5 Å². The van der Waals surface area contributed by atoms with Gasteiger partial charge < -0.3 is 4.42 Å². The molecule has 0 amide bonds. The normalized spacial score (nSPS) is 11.2. The van der Waals surface area contributed by atoms with Crippen LogP contribution in [0.25, 0.3) is 11.0 Å². The van der Waals surface area contributed by atoms with Crippen LogP contribution >= 0.6 is 11.6 Å². The fourth-order valence-corrected chi connectivity index (χ4v) is 2.52. The first kappa shape index (κ1) is 11.5. The smallest absolute Gasteiger partial charge is 0.153 e. The SMILES string of the molecule is CCCc1oc2c(Cl)cc(C)cc2c1CC. The summed E-state index contributed by atoms with van der Waals surface area (Å²) in [5.41, 5.74) is 3.37. The second kappa shape index (κ2) is 4.50. The Bertz CT molecular complexity index is 511. The van der Waals surface area contributed by atoms with E-state index in [1.807, 2.05) is 6.07 Å². The molecule has 2 rings (SSSR count). The van der Waals surface area contributed by atoms with Crippen LogP contribution in [0.3, 0.4) is 0 Å². The monoisotopic (exact) mass is 236 g/mol. The molecule has 1 nitrogen and oxygen atoms in total. The maximum absolute atomic E-state index is 6.21. The summed E-state index contributed by atoms with van der Waals surface area (Å²) < 4.78 is 5.88. The van der Waals surface area contributed by atoms with Crippen molar-refractivity contribution in [3.63, 3.8) is 0 Å². The van der Waals surface area contributed by atoms with Crippen molar-refractivity contribution in [2.75, 3.05) is 0 Å². The van der Waals surface area contributed by atoms with Gasteiger partial charge in [-0.15, -0.1) is 0 Å². The molecular weight excluding hydrogens is 220 g/mol. The lowest BCUT2D eigenvalue weighted by molar-refractivity contribution is 0.538. The Kier molecular flexibility index (Phi) is 3.25. The Morgan fingerprint density at radius 1 is 1.25 bits per heavy atom. The molecule has 0 saturated heterocycles. The number of furan rings is 1. The van der Waals surface area contributed by atoms with Crippen molar-refractivity contribution >= 4 is 22.6 Å². The molecule has 2 heteroatoms. The number of rotatable bonds is 3. The van der Waals surface area contributed by atoms with Crippen LogP contribution in [-0.4, -0.2) is 0 Å². The average molecular weight is 237 g/mol. The Balaban J connectivity index is 2.71. The van der Waals surface area contributed by atoms with Crippen molar-refractivity contribution in [3.8, 4) is 0 Å². The summed E-state index contributed by atoms with van der Waals surface area (Å²) in [5, 5.41) is 1.92. The molecule has 0 unspecified atom stereocenters. The van der Waals surface area contributed by atoms with Crippen molar-refractivity contribution in [2.45, 2.75) is 40.0 Å². The van der Waals surface area contributed by atoms with E-state index in [0.29, 0.717) is 0 Å². The molecular formula is C14H17ClO. The van der Waals surface area contributed by atoms with Crippen molar-refractivity contribution < 1.29 is 4.42 Å². The lowest BCUT2D eigenvalue weighted by Crippen LogP contribution is -1.86. The molecule has 0 N–H and O–H groups in total. The molecule has 0 aliphatic rings. The van der Waals surface area contributed by atoms with Crippen molar-refractivity contribution in [3.05, 3.63) is 34.0 Å². The van der Waals surface area contributed by atoms with Gasteiger partial charge in [0.2, 0.25) is 0 Å². The van der Waals surface area contributed by atoms with Crippen LogP contribution in [0.1, 0.15) is 37.2 Å². The summed E-state index contributed by atoms with van der Waals surface area (Å²) >= 11 is 6.21. The van der Waals surface area contributed by atoms with Crippen molar-refractivity contribution in [1.82, 2.24) is 0 Å². The summed E-state index contributed by atoms with van der Waals surface area (Å²) in [4.78, 5) is 0. The highest BCUT2D eigenvalue weighted by molar-refractivity contribution is 6.35. The molecule has 1 heterocycles. The van der Waals surface area contributed by atoms with Crippen molar-refractivity contribution in [1.29, 1.82) is 0 Å². The summed E-state index contributed by atoms with van der Waals surface area (Å²) in [6.45, 7) is 6.40. The van der Waals surface area contributed by atoms with Crippen LogP contribution in [-0.2, 0) is 12.8 Å². The van der Waals surface area contributed by atoms with Gasteiger partial charge in [-0.25, -0.2) is 0 Å². The Labute approximate surface area is 101 Å².